The molecule has 0 radical (unpaired) electrons. The summed E-state index contributed by atoms with van der Waals surface area (Å²) in [5.74, 6) is -3.95. The van der Waals surface area contributed by atoms with Gasteiger partial charge in [0.2, 0.25) is 5.91 Å². The highest BCUT2D eigenvalue weighted by atomic mass is 32.2. The van der Waals surface area contributed by atoms with Crippen LogP contribution in [-0.2, 0) is 24.2 Å². The zero-order chi connectivity index (χ0) is 14.6. The fourth-order valence-electron chi connectivity index (χ4n) is 1.89. The lowest BCUT2D eigenvalue weighted by Crippen LogP contribution is -2.49. The molecule has 1 rings (SSSR count). The van der Waals surface area contributed by atoms with Crippen LogP contribution < -0.4 is 5.32 Å². The summed E-state index contributed by atoms with van der Waals surface area (Å²) in [5.41, 5.74) is 0. The predicted molar refractivity (Wildman–Crippen MR) is 63.2 cm³/mol. The molecule has 3 N–H and O–H groups in total. The fraction of sp³-hybridized carbons (Fsp3) is 0.700. The van der Waals surface area contributed by atoms with E-state index in [0.717, 1.165) is 0 Å². The van der Waals surface area contributed by atoms with Crippen LogP contribution in [0, 0.1) is 0 Å². The first-order valence-corrected chi connectivity index (χ1v) is 7.42. The van der Waals surface area contributed by atoms with Gasteiger partial charge in [-0.05, 0) is 12.8 Å². The van der Waals surface area contributed by atoms with Gasteiger partial charge in [-0.1, -0.05) is 6.42 Å². The van der Waals surface area contributed by atoms with Crippen molar-refractivity contribution in [2.45, 2.75) is 37.0 Å². The molecule has 19 heavy (non-hydrogen) atoms. The molecule has 1 saturated heterocycles. The molecule has 1 aliphatic heterocycles. The number of amides is 1. The van der Waals surface area contributed by atoms with Gasteiger partial charge in [-0.25, -0.2) is 13.2 Å². The third-order valence-electron chi connectivity index (χ3n) is 2.86. The van der Waals surface area contributed by atoms with E-state index in [1.165, 1.54) is 0 Å². The van der Waals surface area contributed by atoms with Crippen molar-refractivity contribution in [2.24, 2.45) is 0 Å². The number of hydrogen-bond donors (Lipinski definition) is 3. The molecule has 0 saturated carbocycles. The standard InChI is InChI=1S/C10H15NO7S/c12-8(13)5-6(10(15)16)11-9(14)7-3-1-2-4-19(7,17)18/h6-7H,1-5H2,(H,11,14)(H,12,13)(H,15,16)/t6-,7?/m0/s1. The van der Waals surface area contributed by atoms with Crippen molar-refractivity contribution in [2.75, 3.05) is 5.75 Å². The third kappa shape index (κ3) is 4.19. The lowest BCUT2D eigenvalue weighted by atomic mass is 10.1. The molecule has 8 nitrogen and oxygen atoms in total. The van der Waals surface area contributed by atoms with E-state index in [9.17, 15) is 22.8 Å². The van der Waals surface area contributed by atoms with Crippen molar-refractivity contribution in [3.63, 3.8) is 0 Å². The summed E-state index contributed by atoms with van der Waals surface area (Å²) in [6.07, 6.45) is 0.374. The van der Waals surface area contributed by atoms with E-state index in [1.54, 1.807) is 0 Å². The second-order valence-electron chi connectivity index (χ2n) is 4.35. The Morgan fingerprint density at radius 2 is 1.84 bits per heavy atom. The van der Waals surface area contributed by atoms with Gasteiger partial charge in [0.15, 0.2) is 9.84 Å². The smallest absolute Gasteiger partial charge is 0.326 e. The molecule has 0 aromatic rings. The Hall–Kier alpha value is -1.64. The van der Waals surface area contributed by atoms with E-state index >= 15 is 0 Å². The maximum absolute atomic E-state index is 11.8. The number of carbonyl (C=O) groups excluding carboxylic acids is 1. The molecule has 1 aliphatic rings. The van der Waals surface area contributed by atoms with Crippen molar-refractivity contribution in [1.29, 1.82) is 0 Å². The first kappa shape index (κ1) is 15.4. The van der Waals surface area contributed by atoms with E-state index in [4.69, 9.17) is 10.2 Å². The molecule has 2 atom stereocenters. The van der Waals surface area contributed by atoms with E-state index in [-0.39, 0.29) is 12.2 Å². The molecule has 0 bridgehead atoms. The van der Waals surface area contributed by atoms with Gasteiger partial charge in [0, 0.05) is 0 Å². The average molecular weight is 293 g/mol. The van der Waals surface area contributed by atoms with Crippen molar-refractivity contribution in [1.82, 2.24) is 5.32 Å². The molecule has 1 heterocycles. The Bertz CT molecular complexity index is 484. The molecule has 108 valence electrons. The zero-order valence-corrected chi connectivity index (χ0v) is 10.9. The highest BCUT2D eigenvalue weighted by molar-refractivity contribution is 7.92. The Labute approximate surface area is 109 Å². The third-order valence-corrected chi connectivity index (χ3v) is 5.04. The topological polar surface area (TPSA) is 138 Å². The van der Waals surface area contributed by atoms with Crippen molar-refractivity contribution >= 4 is 27.7 Å². The summed E-state index contributed by atoms with van der Waals surface area (Å²) in [4.78, 5) is 33.0. The Morgan fingerprint density at radius 1 is 1.21 bits per heavy atom. The van der Waals surface area contributed by atoms with Gasteiger partial charge >= 0.3 is 11.9 Å². The van der Waals surface area contributed by atoms with Crippen LogP contribution in [0.1, 0.15) is 25.7 Å². The summed E-state index contributed by atoms with van der Waals surface area (Å²) in [6.45, 7) is 0. The molecule has 1 unspecified atom stereocenters. The van der Waals surface area contributed by atoms with Crippen LogP contribution in [0.25, 0.3) is 0 Å². The zero-order valence-electron chi connectivity index (χ0n) is 10.0. The number of carbonyl (C=O) groups is 3. The second-order valence-corrected chi connectivity index (χ2v) is 6.65. The first-order chi connectivity index (χ1) is 8.74. The normalized spacial score (nSPS) is 23.3. The lowest BCUT2D eigenvalue weighted by Gasteiger charge is -2.23. The Balaban J connectivity index is 2.76. The van der Waals surface area contributed by atoms with Gasteiger partial charge in [-0.3, -0.25) is 9.59 Å². The summed E-state index contributed by atoms with van der Waals surface area (Å²) in [5, 5.41) is 18.0. The Morgan fingerprint density at radius 3 is 2.32 bits per heavy atom. The SMILES string of the molecule is O=C(O)C[C@H](NC(=O)C1CCCCS1(=O)=O)C(=O)O. The Kier molecular flexibility index (Phi) is 4.87. The van der Waals surface area contributed by atoms with Crippen LogP contribution in [0.5, 0.6) is 0 Å². The molecule has 1 fully saturated rings. The van der Waals surface area contributed by atoms with Gasteiger partial charge in [0.1, 0.15) is 11.3 Å². The number of aliphatic carboxylic acids is 2. The predicted octanol–water partition coefficient (Wildman–Crippen LogP) is -1.00. The van der Waals surface area contributed by atoms with E-state index in [0.29, 0.717) is 12.8 Å². The van der Waals surface area contributed by atoms with Gasteiger partial charge in [0.05, 0.1) is 12.2 Å². The maximum Gasteiger partial charge on any atom is 0.326 e. The monoisotopic (exact) mass is 293 g/mol. The largest absolute Gasteiger partial charge is 0.481 e. The molecular formula is C10H15NO7S. The highest BCUT2D eigenvalue weighted by Gasteiger charge is 2.36. The van der Waals surface area contributed by atoms with E-state index in [2.05, 4.69) is 0 Å². The van der Waals surface area contributed by atoms with Crippen LogP contribution in [0.3, 0.4) is 0 Å². The summed E-state index contributed by atoms with van der Waals surface area (Å²) >= 11 is 0. The lowest BCUT2D eigenvalue weighted by molar-refractivity contribution is -0.147. The number of hydrogen-bond acceptors (Lipinski definition) is 5. The van der Waals surface area contributed by atoms with Crippen molar-refractivity contribution in [3.8, 4) is 0 Å². The molecule has 0 spiro atoms. The minimum absolute atomic E-state index is 0.109. The van der Waals surface area contributed by atoms with Crippen LogP contribution in [-0.4, -0.2) is 53.5 Å². The molecule has 0 aromatic heterocycles. The first-order valence-electron chi connectivity index (χ1n) is 5.70. The van der Waals surface area contributed by atoms with Crippen LogP contribution >= 0.6 is 0 Å². The number of carboxylic acids is 2. The minimum Gasteiger partial charge on any atom is -0.481 e. The van der Waals surface area contributed by atoms with E-state index in [1.807, 2.05) is 5.32 Å². The molecular weight excluding hydrogens is 278 g/mol. The van der Waals surface area contributed by atoms with E-state index < -0.39 is 45.4 Å². The number of sulfone groups is 1. The molecule has 0 aromatic carbocycles. The summed E-state index contributed by atoms with van der Waals surface area (Å²) in [6, 6.07) is -1.62. The molecule has 0 aliphatic carbocycles. The van der Waals surface area contributed by atoms with Crippen LogP contribution in [0.2, 0.25) is 0 Å². The van der Waals surface area contributed by atoms with Gasteiger partial charge in [-0.2, -0.15) is 0 Å². The average Bonchev–Trinajstić information content (AvgIpc) is 2.26. The highest BCUT2D eigenvalue weighted by Crippen LogP contribution is 2.19. The van der Waals surface area contributed by atoms with Gasteiger partial charge in [0.25, 0.3) is 0 Å². The minimum atomic E-state index is -3.57. The van der Waals surface area contributed by atoms with Crippen LogP contribution in [0.15, 0.2) is 0 Å². The van der Waals surface area contributed by atoms with Crippen molar-refractivity contribution < 1.29 is 33.0 Å². The van der Waals surface area contributed by atoms with Gasteiger partial charge in [-0.15, -0.1) is 0 Å². The second kappa shape index (κ2) is 6.00. The quantitative estimate of drug-likeness (QED) is 0.590. The number of carboxylic acid groups (broad SMARTS) is 2. The van der Waals surface area contributed by atoms with Crippen molar-refractivity contribution in [3.05, 3.63) is 0 Å². The summed E-state index contributed by atoms with van der Waals surface area (Å²) < 4.78 is 23.3. The maximum atomic E-state index is 11.8. The summed E-state index contributed by atoms with van der Waals surface area (Å²) in [7, 11) is -3.57. The number of rotatable bonds is 5. The van der Waals surface area contributed by atoms with Crippen LogP contribution in [0.4, 0.5) is 0 Å². The van der Waals surface area contributed by atoms with Gasteiger partial charge < -0.3 is 15.5 Å². The fourth-order valence-corrected chi connectivity index (χ4v) is 3.70. The number of nitrogens with one attached hydrogen (secondary N) is 1. The molecule has 9 heteroatoms. The molecule has 1 amide bonds.